The molecule has 0 spiro atoms. The fourth-order valence-corrected chi connectivity index (χ4v) is 3.82. The number of aromatic amines is 1. The van der Waals surface area contributed by atoms with Crippen LogP contribution in [0.15, 0.2) is 30.5 Å². The van der Waals surface area contributed by atoms with E-state index in [9.17, 15) is 15.0 Å². The predicted molar refractivity (Wildman–Crippen MR) is 93.5 cm³/mol. The van der Waals surface area contributed by atoms with E-state index in [4.69, 9.17) is 0 Å². The SMILES string of the molecule is CCC(CNC(=O)Cc1c[nH]c2ccccc12)C1CC(O)C(O)C1. The van der Waals surface area contributed by atoms with Crippen molar-refractivity contribution >= 4 is 16.8 Å². The maximum atomic E-state index is 12.3. The summed E-state index contributed by atoms with van der Waals surface area (Å²) >= 11 is 0. The highest BCUT2D eigenvalue weighted by molar-refractivity contribution is 5.88. The van der Waals surface area contributed by atoms with E-state index in [-0.39, 0.29) is 11.8 Å². The Kier molecular flexibility index (Phi) is 5.21. The molecule has 4 N–H and O–H groups in total. The summed E-state index contributed by atoms with van der Waals surface area (Å²) in [5, 5.41) is 23.6. The molecule has 1 fully saturated rings. The summed E-state index contributed by atoms with van der Waals surface area (Å²) in [5.74, 6) is 0.578. The Morgan fingerprint density at radius 1 is 1.29 bits per heavy atom. The highest BCUT2D eigenvalue weighted by Gasteiger charge is 2.35. The van der Waals surface area contributed by atoms with Gasteiger partial charge in [-0.1, -0.05) is 31.5 Å². The Morgan fingerprint density at radius 3 is 2.71 bits per heavy atom. The zero-order chi connectivity index (χ0) is 17.1. The van der Waals surface area contributed by atoms with Crippen LogP contribution in [0, 0.1) is 11.8 Å². The van der Waals surface area contributed by atoms with Gasteiger partial charge in [-0.2, -0.15) is 0 Å². The van der Waals surface area contributed by atoms with Crippen molar-refractivity contribution in [2.45, 2.75) is 44.8 Å². The molecule has 5 heteroatoms. The summed E-state index contributed by atoms with van der Waals surface area (Å²) in [6.07, 6.45) is 3.19. The maximum Gasteiger partial charge on any atom is 0.224 e. The van der Waals surface area contributed by atoms with Crippen LogP contribution in [0.4, 0.5) is 0 Å². The van der Waals surface area contributed by atoms with E-state index >= 15 is 0 Å². The van der Waals surface area contributed by atoms with Gasteiger partial charge in [0.15, 0.2) is 0 Å². The van der Waals surface area contributed by atoms with Gasteiger partial charge in [0.2, 0.25) is 5.91 Å². The molecule has 0 saturated heterocycles. The topological polar surface area (TPSA) is 85.4 Å². The van der Waals surface area contributed by atoms with Gasteiger partial charge >= 0.3 is 0 Å². The number of fused-ring (bicyclic) bond motifs is 1. The zero-order valence-electron chi connectivity index (χ0n) is 14.0. The lowest BCUT2D eigenvalue weighted by atomic mass is 9.88. The normalized spacial score (nSPS) is 25.0. The Balaban J connectivity index is 1.55. The average molecular weight is 330 g/mol. The first-order valence-electron chi connectivity index (χ1n) is 8.76. The molecule has 1 saturated carbocycles. The third kappa shape index (κ3) is 3.62. The smallest absolute Gasteiger partial charge is 0.224 e. The first-order chi connectivity index (χ1) is 11.6. The van der Waals surface area contributed by atoms with Gasteiger partial charge in [0.05, 0.1) is 18.6 Å². The second-order valence-corrected chi connectivity index (χ2v) is 6.87. The number of hydrogen-bond acceptors (Lipinski definition) is 3. The van der Waals surface area contributed by atoms with E-state index in [1.54, 1.807) is 0 Å². The number of carbonyl (C=O) groups excluding carboxylic acids is 1. The number of para-hydroxylation sites is 1. The number of aliphatic hydroxyl groups is 2. The van der Waals surface area contributed by atoms with Gasteiger partial charge in [0, 0.05) is 23.6 Å². The van der Waals surface area contributed by atoms with Crippen molar-refractivity contribution in [3.8, 4) is 0 Å². The molecule has 0 radical (unpaired) electrons. The fourth-order valence-electron chi connectivity index (χ4n) is 3.82. The van der Waals surface area contributed by atoms with Crippen LogP contribution in [0.25, 0.3) is 10.9 Å². The first kappa shape index (κ1) is 17.0. The molecule has 0 bridgehead atoms. The lowest BCUT2D eigenvalue weighted by molar-refractivity contribution is -0.120. The highest BCUT2D eigenvalue weighted by Crippen LogP contribution is 2.33. The van der Waals surface area contributed by atoms with Crippen LogP contribution in [0.5, 0.6) is 0 Å². The van der Waals surface area contributed by atoms with Gasteiger partial charge in [-0.3, -0.25) is 4.79 Å². The third-order valence-corrected chi connectivity index (χ3v) is 5.31. The molecule has 130 valence electrons. The molecule has 2 aromatic rings. The number of benzene rings is 1. The summed E-state index contributed by atoms with van der Waals surface area (Å²) in [7, 11) is 0. The Hall–Kier alpha value is -1.85. The van der Waals surface area contributed by atoms with E-state index in [0.29, 0.717) is 31.7 Å². The molecule has 1 aliphatic carbocycles. The molecule has 3 atom stereocenters. The van der Waals surface area contributed by atoms with Crippen molar-refractivity contribution in [3.63, 3.8) is 0 Å². The number of H-pyrrole nitrogens is 1. The Labute approximate surface area is 142 Å². The van der Waals surface area contributed by atoms with E-state index in [1.165, 1.54) is 0 Å². The molecule has 3 rings (SSSR count). The zero-order valence-corrected chi connectivity index (χ0v) is 14.0. The van der Waals surface area contributed by atoms with Crippen molar-refractivity contribution < 1.29 is 15.0 Å². The second-order valence-electron chi connectivity index (χ2n) is 6.87. The van der Waals surface area contributed by atoms with Gasteiger partial charge in [0.25, 0.3) is 0 Å². The summed E-state index contributed by atoms with van der Waals surface area (Å²) in [5.41, 5.74) is 2.04. The van der Waals surface area contributed by atoms with Gasteiger partial charge in [-0.05, 0) is 36.3 Å². The average Bonchev–Trinajstić information content (AvgIpc) is 3.12. The summed E-state index contributed by atoms with van der Waals surface area (Å²) in [4.78, 5) is 15.5. The molecule has 3 unspecified atom stereocenters. The number of rotatable bonds is 6. The Morgan fingerprint density at radius 2 is 2.00 bits per heavy atom. The molecule has 1 heterocycles. The molecular weight excluding hydrogens is 304 g/mol. The molecule has 24 heavy (non-hydrogen) atoms. The van der Waals surface area contributed by atoms with E-state index in [0.717, 1.165) is 22.9 Å². The van der Waals surface area contributed by atoms with E-state index in [2.05, 4.69) is 17.2 Å². The second kappa shape index (κ2) is 7.36. The number of nitrogens with one attached hydrogen (secondary N) is 2. The van der Waals surface area contributed by atoms with Gasteiger partial charge in [0.1, 0.15) is 0 Å². The van der Waals surface area contributed by atoms with Crippen molar-refractivity contribution in [2.75, 3.05) is 6.54 Å². The van der Waals surface area contributed by atoms with Gasteiger partial charge < -0.3 is 20.5 Å². The molecule has 1 aromatic heterocycles. The number of aliphatic hydroxyl groups excluding tert-OH is 2. The minimum absolute atomic E-state index is 0.0114. The van der Waals surface area contributed by atoms with Crippen molar-refractivity contribution in [1.29, 1.82) is 0 Å². The van der Waals surface area contributed by atoms with Gasteiger partial charge in [-0.25, -0.2) is 0 Å². The van der Waals surface area contributed by atoms with Crippen LogP contribution < -0.4 is 5.32 Å². The standard InChI is InChI=1S/C19H26N2O3/c1-2-12(13-7-17(22)18(23)8-13)10-21-19(24)9-14-11-20-16-6-4-3-5-15(14)16/h3-6,11-13,17-18,20,22-23H,2,7-10H2,1H3,(H,21,24). The molecule has 1 aromatic carbocycles. The fraction of sp³-hybridized carbons (Fsp3) is 0.526. The molecule has 0 aliphatic heterocycles. The van der Waals surface area contributed by atoms with Crippen molar-refractivity contribution in [2.24, 2.45) is 11.8 Å². The maximum absolute atomic E-state index is 12.3. The highest BCUT2D eigenvalue weighted by atomic mass is 16.3. The van der Waals surface area contributed by atoms with Crippen LogP contribution in [0.1, 0.15) is 31.7 Å². The number of hydrogen-bond donors (Lipinski definition) is 4. The molecule has 5 nitrogen and oxygen atoms in total. The van der Waals surface area contributed by atoms with Crippen LogP contribution >= 0.6 is 0 Å². The quantitative estimate of drug-likeness (QED) is 0.653. The van der Waals surface area contributed by atoms with Crippen LogP contribution in [-0.2, 0) is 11.2 Å². The van der Waals surface area contributed by atoms with Crippen molar-refractivity contribution in [1.82, 2.24) is 10.3 Å². The third-order valence-electron chi connectivity index (χ3n) is 5.31. The predicted octanol–water partition coefficient (Wildman–Crippen LogP) is 1.98. The monoisotopic (exact) mass is 330 g/mol. The molecular formula is C19H26N2O3. The Bertz CT molecular complexity index is 687. The molecule has 1 amide bonds. The first-order valence-corrected chi connectivity index (χ1v) is 8.76. The number of amides is 1. The minimum Gasteiger partial charge on any atom is -0.390 e. The summed E-state index contributed by atoms with van der Waals surface area (Å²) in [6, 6.07) is 7.96. The van der Waals surface area contributed by atoms with Gasteiger partial charge in [-0.15, -0.1) is 0 Å². The molecule has 1 aliphatic rings. The van der Waals surface area contributed by atoms with Crippen LogP contribution in [0.3, 0.4) is 0 Å². The summed E-state index contributed by atoms with van der Waals surface area (Å²) in [6.45, 7) is 2.69. The number of carbonyl (C=O) groups is 1. The minimum atomic E-state index is -0.619. The van der Waals surface area contributed by atoms with E-state index < -0.39 is 12.2 Å². The lowest BCUT2D eigenvalue weighted by Gasteiger charge is -2.22. The van der Waals surface area contributed by atoms with Crippen LogP contribution in [0.2, 0.25) is 0 Å². The largest absolute Gasteiger partial charge is 0.390 e. The number of aromatic nitrogens is 1. The van der Waals surface area contributed by atoms with Crippen LogP contribution in [-0.4, -0.2) is 39.9 Å². The lowest BCUT2D eigenvalue weighted by Crippen LogP contribution is -2.33. The van der Waals surface area contributed by atoms with Crippen molar-refractivity contribution in [3.05, 3.63) is 36.0 Å². The van der Waals surface area contributed by atoms with E-state index in [1.807, 2.05) is 30.5 Å². The summed E-state index contributed by atoms with van der Waals surface area (Å²) < 4.78 is 0.